The van der Waals surface area contributed by atoms with Crippen molar-refractivity contribution in [3.05, 3.63) is 48.6 Å². The molecule has 4 nitrogen and oxygen atoms in total. The summed E-state index contributed by atoms with van der Waals surface area (Å²) < 4.78 is 11.1. The van der Waals surface area contributed by atoms with Crippen LogP contribution in [0.2, 0.25) is 0 Å². The highest BCUT2D eigenvalue weighted by Gasteiger charge is 2.13. The highest BCUT2D eigenvalue weighted by Crippen LogP contribution is 2.12. The number of carbonyl (C=O) groups is 1. The van der Waals surface area contributed by atoms with E-state index in [1.165, 1.54) is 116 Å². The third kappa shape index (κ3) is 34.8. The number of ether oxygens (including phenoxy) is 2. The van der Waals surface area contributed by atoms with Crippen molar-refractivity contribution in [1.29, 1.82) is 0 Å². The minimum Gasteiger partial charge on any atom is -0.457 e. The molecule has 0 aromatic heterocycles. The molecule has 256 valence electrons. The fourth-order valence-electron chi connectivity index (χ4n) is 5.10. The standard InChI is InChI=1S/C40H72O4/c1-3-5-7-9-11-13-15-17-19-20-21-23-25-27-29-31-33-35-40(42)44-39(37-41)38-43-36-34-32-30-28-26-24-22-18-16-14-12-10-8-6-4-2/h5,7,11,13,16-19,39,41H,3-4,6,8-10,12,14-15,20-38H2,1-2H3/b7-5-,13-11-,18-16-,19-17-. The van der Waals surface area contributed by atoms with Crippen LogP contribution in [0.5, 0.6) is 0 Å². The lowest BCUT2D eigenvalue weighted by atomic mass is 10.1. The monoisotopic (exact) mass is 617 g/mol. The molecule has 4 heteroatoms. The van der Waals surface area contributed by atoms with Crippen molar-refractivity contribution in [1.82, 2.24) is 0 Å². The van der Waals surface area contributed by atoms with Gasteiger partial charge in [-0.1, -0.05) is 146 Å². The summed E-state index contributed by atoms with van der Waals surface area (Å²) in [5, 5.41) is 9.56. The summed E-state index contributed by atoms with van der Waals surface area (Å²) in [7, 11) is 0. The van der Waals surface area contributed by atoms with E-state index in [2.05, 4.69) is 62.5 Å². The van der Waals surface area contributed by atoms with Gasteiger partial charge in [-0.25, -0.2) is 0 Å². The second-order valence-electron chi connectivity index (χ2n) is 12.3. The lowest BCUT2D eigenvalue weighted by Gasteiger charge is -2.15. The van der Waals surface area contributed by atoms with E-state index in [-0.39, 0.29) is 19.2 Å². The number of hydrogen-bond acceptors (Lipinski definition) is 4. The zero-order valence-electron chi connectivity index (χ0n) is 29.2. The molecule has 0 rings (SSSR count). The Kier molecular flexibility index (Phi) is 36.1. The Balaban J connectivity index is 3.48. The Morgan fingerprint density at radius 3 is 1.57 bits per heavy atom. The highest BCUT2D eigenvalue weighted by atomic mass is 16.6. The van der Waals surface area contributed by atoms with Crippen molar-refractivity contribution in [2.75, 3.05) is 19.8 Å². The average Bonchev–Trinajstić information content (AvgIpc) is 3.03. The summed E-state index contributed by atoms with van der Waals surface area (Å²) in [6, 6.07) is 0. The smallest absolute Gasteiger partial charge is 0.306 e. The predicted molar refractivity (Wildman–Crippen MR) is 191 cm³/mol. The van der Waals surface area contributed by atoms with Crippen LogP contribution >= 0.6 is 0 Å². The third-order valence-corrected chi connectivity index (χ3v) is 7.89. The minimum atomic E-state index is -0.542. The van der Waals surface area contributed by atoms with Crippen LogP contribution < -0.4 is 0 Å². The lowest BCUT2D eigenvalue weighted by Crippen LogP contribution is -2.27. The summed E-state index contributed by atoms with van der Waals surface area (Å²) in [6.07, 6.45) is 47.2. The van der Waals surface area contributed by atoms with Gasteiger partial charge >= 0.3 is 5.97 Å². The first-order valence-corrected chi connectivity index (χ1v) is 18.7. The number of carbonyl (C=O) groups excluding carboxylic acids is 1. The number of aliphatic hydroxyl groups excluding tert-OH is 1. The minimum absolute atomic E-state index is 0.179. The van der Waals surface area contributed by atoms with Gasteiger partial charge in [0, 0.05) is 13.0 Å². The van der Waals surface area contributed by atoms with Crippen molar-refractivity contribution < 1.29 is 19.4 Å². The Labute approximate surface area is 273 Å². The molecule has 1 atom stereocenters. The molecule has 0 saturated heterocycles. The Morgan fingerprint density at radius 1 is 0.568 bits per heavy atom. The maximum absolute atomic E-state index is 12.1. The van der Waals surface area contributed by atoms with Crippen LogP contribution in [0.4, 0.5) is 0 Å². The number of rotatable bonds is 34. The quantitative estimate of drug-likeness (QED) is 0.0444. The van der Waals surface area contributed by atoms with Crippen LogP contribution in [0.1, 0.15) is 174 Å². The molecule has 0 aliphatic carbocycles. The second-order valence-corrected chi connectivity index (χ2v) is 12.3. The summed E-state index contributed by atoms with van der Waals surface area (Å²) in [5.41, 5.74) is 0. The second kappa shape index (κ2) is 37.5. The molecule has 44 heavy (non-hydrogen) atoms. The lowest BCUT2D eigenvalue weighted by molar-refractivity contribution is -0.154. The van der Waals surface area contributed by atoms with E-state index in [0.29, 0.717) is 13.0 Å². The number of allylic oxidation sites excluding steroid dienone is 8. The van der Waals surface area contributed by atoms with Gasteiger partial charge in [-0.05, 0) is 70.6 Å². The first-order valence-electron chi connectivity index (χ1n) is 18.7. The predicted octanol–water partition coefficient (Wildman–Crippen LogP) is 11.9. The molecule has 1 N–H and O–H groups in total. The van der Waals surface area contributed by atoms with Crippen LogP contribution in [0, 0.1) is 0 Å². The normalized spacial score (nSPS) is 12.9. The number of hydrogen-bond donors (Lipinski definition) is 1. The molecule has 0 amide bonds. The summed E-state index contributed by atoms with van der Waals surface area (Å²) in [4.78, 5) is 12.1. The molecule has 0 aromatic carbocycles. The third-order valence-electron chi connectivity index (χ3n) is 7.89. The Bertz CT molecular complexity index is 693. The molecule has 0 aromatic rings. The first-order chi connectivity index (χ1) is 21.7. The summed E-state index contributed by atoms with van der Waals surface area (Å²) in [5.74, 6) is -0.214. The van der Waals surface area contributed by atoms with Gasteiger partial charge in [-0.15, -0.1) is 0 Å². The van der Waals surface area contributed by atoms with Gasteiger partial charge in [0.25, 0.3) is 0 Å². The van der Waals surface area contributed by atoms with Crippen LogP contribution in [0.15, 0.2) is 48.6 Å². The molecule has 0 heterocycles. The van der Waals surface area contributed by atoms with Crippen molar-refractivity contribution >= 4 is 5.97 Å². The van der Waals surface area contributed by atoms with Gasteiger partial charge in [0.15, 0.2) is 0 Å². The summed E-state index contributed by atoms with van der Waals surface area (Å²) >= 11 is 0. The van der Waals surface area contributed by atoms with E-state index in [1.54, 1.807) is 0 Å². The highest BCUT2D eigenvalue weighted by molar-refractivity contribution is 5.69. The van der Waals surface area contributed by atoms with Crippen LogP contribution in [-0.2, 0) is 14.3 Å². The SMILES string of the molecule is CC/C=C\C/C=C\C/C=C\CCCCCCCCCC(=O)OC(CO)COCCCCCCCC/C=C\CCCCCCC. The number of aliphatic hydroxyl groups is 1. The Hall–Kier alpha value is -1.65. The molecule has 0 aliphatic heterocycles. The van der Waals surface area contributed by atoms with Crippen molar-refractivity contribution in [2.45, 2.75) is 180 Å². The Morgan fingerprint density at radius 2 is 1.02 bits per heavy atom. The maximum Gasteiger partial charge on any atom is 0.306 e. The molecule has 0 fully saturated rings. The van der Waals surface area contributed by atoms with Gasteiger partial charge in [0.1, 0.15) is 6.10 Å². The zero-order chi connectivity index (χ0) is 32.0. The molecule has 0 spiro atoms. The zero-order valence-corrected chi connectivity index (χ0v) is 29.2. The molecular formula is C40H72O4. The fraction of sp³-hybridized carbons (Fsp3) is 0.775. The van der Waals surface area contributed by atoms with Crippen molar-refractivity contribution in [3.8, 4) is 0 Å². The topological polar surface area (TPSA) is 55.8 Å². The summed E-state index contributed by atoms with van der Waals surface area (Å²) in [6.45, 7) is 5.20. The van der Waals surface area contributed by atoms with E-state index in [1.807, 2.05) is 0 Å². The van der Waals surface area contributed by atoms with Gasteiger partial charge in [0.2, 0.25) is 0 Å². The first kappa shape index (κ1) is 42.3. The molecule has 0 aliphatic rings. The van der Waals surface area contributed by atoms with Crippen LogP contribution in [0.25, 0.3) is 0 Å². The van der Waals surface area contributed by atoms with Crippen molar-refractivity contribution in [3.63, 3.8) is 0 Å². The molecule has 0 radical (unpaired) electrons. The molecule has 0 bridgehead atoms. The fourth-order valence-corrected chi connectivity index (χ4v) is 5.10. The van der Waals surface area contributed by atoms with Crippen molar-refractivity contribution in [2.24, 2.45) is 0 Å². The van der Waals surface area contributed by atoms with E-state index < -0.39 is 6.10 Å². The number of esters is 1. The largest absolute Gasteiger partial charge is 0.457 e. The van der Waals surface area contributed by atoms with Gasteiger partial charge < -0.3 is 14.6 Å². The van der Waals surface area contributed by atoms with Gasteiger partial charge in [-0.2, -0.15) is 0 Å². The maximum atomic E-state index is 12.1. The molecule has 1 unspecified atom stereocenters. The van der Waals surface area contributed by atoms with E-state index in [0.717, 1.165) is 38.5 Å². The van der Waals surface area contributed by atoms with Crippen LogP contribution in [0.3, 0.4) is 0 Å². The average molecular weight is 617 g/mol. The molecular weight excluding hydrogens is 544 g/mol. The van der Waals surface area contributed by atoms with E-state index in [9.17, 15) is 9.90 Å². The van der Waals surface area contributed by atoms with Gasteiger partial charge in [-0.3, -0.25) is 4.79 Å². The number of unbranched alkanes of at least 4 members (excludes halogenated alkanes) is 18. The van der Waals surface area contributed by atoms with E-state index in [4.69, 9.17) is 9.47 Å². The molecule has 0 saturated carbocycles. The van der Waals surface area contributed by atoms with Gasteiger partial charge in [0.05, 0.1) is 13.2 Å². The van der Waals surface area contributed by atoms with E-state index >= 15 is 0 Å². The van der Waals surface area contributed by atoms with Crippen LogP contribution in [-0.4, -0.2) is 37.0 Å².